The number of H-pyrrole nitrogens is 2. The molecule has 54 heavy (non-hydrogen) atoms. The molecule has 0 aromatic carbocycles. The van der Waals surface area contributed by atoms with Gasteiger partial charge >= 0.3 is 11.9 Å². The third-order valence-corrected chi connectivity index (χ3v) is 12.0. The number of Topliss-reactive ketones (excluding diaryl/α,β-unsaturated/α-hetero) is 2. The fraction of sp³-hybridized carbons (Fsp3) is 0.500. The van der Waals surface area contributed by atoms with Gasteiger partial charge in [-0.1, -0.05) is 0 Å². The van der Waals surface area contributed by atoms with Crippen molar-refractivity contribution in [3.05, 3.63) is 70.3 Å². The van der Waals surface area contributed by atoms with E-state index in [0.29, 0.717) is 33.5 Å². The predicted molar refractivity (Wildman–Crippen MR) is 195 cm³/mol. The van der Waals surface area contributed by atoms with E-state index in [2.05, 4.69) is 9.97 Å². The second-order valence-electron chi connectivity index (χ2n) is 15.9. The Morgan fingerprint density at radius 3 is 1.57 bits per heavy atom. The smallest absolute Gasteiger partial charge is 0.303 e. The largest absolute Gasteiger partial charge is 0.481 e. The monoisotopic (exact) mass is 742 g/mol. The highest BCUT2D eigenvalue weighted by Gasteiger charge is 2.56. The molecule has 8 bridgehead atoms. The number of aryl methyl sites for hydroxylation is 2. The summed E-state index contributed by atoms with van der Waals surface area (Å²) in [4.78, 5) is 69.6. The van der Waals surface area contributed by atoms with E-state index in [1.807, 2.05) is 26.0 Å². The maximum atomic E-state index is 14.6. The number of hydrogen-bond donors (Lipinski definition) is 6. The maximum absolute atomic E-state index is 14.6. The SMILES string of the molecule is Cc1cc2cc3nc(cc4cc(C)c(cc5nc(cc1[nH]2)C(=O)[C@]5(C)[C@H]1O[C@H](C)[C@H](O)C[C@H]1CC(=O)O)[nH]4)C(=O)[C@]3(C)[C@H]1O[C@H](C)[C@H](O)C[C@H]1CC(=O)O. The van der Waals surface area contributed by atoms with Crippen molar-refractivity contribution >= 4 is 45.6 Å². The van der Waals surface area contributed by atoms with E-state index in [-0.39, 0.29) is 48.6 Å². The molecule has 286 valence electrons. The second-order valence-corrected chi connectivity index (χ2v) is 15.9. The van der Waals surface area contributed by atoms with Crippen molar-refractivity contribution in [1.82, 2.24) is 19.9 Å². The number of aliphatic carboxylic acids is 2. The van der Waals surface area contributed by atoms with Crippen LogP contribution in [0.15, 0.2) is 36.4 Å². The molecular weight excluding hydrogens is 696 g/mol. The molecule has 3 aromatic rings. The van der Waals surface area contributed by atoms with Crippen LogP contribution in [-0.4, -0.2) is 100 Å². The highest BCUT2D eigenvalue weighted by atomic mass is 16.5. The number of carboxylic acids is 2. The number of aliphatic hydroxyl groups excluding tert-OH is 2. The zero-order valence-electron chi connectivity index (χ0n) is 31.0. The third kappa shape index (κ3) is 6.24. The maximum Gasteiger partial charge on any atom is 0.303 e. The van der Waals surface area contributed by atoms with Crippen LogP contribution in [0.3, 0.4) is 0 Å². The van der Waals surface area contributed by atoms with E-state index < -0.39 is 71.2 Å². The molecule has 4 aliphatic heterocycles. The van der Waals surface area contributed by atoms with Crippen LogP contribution in [0.5, 0.6) is 0 Å². The third-order valence-electron chi connectivity index (χ3n) is 12.0. The standard InChI is InChI=1S/C40H46N4O10/c1-17-8-24-14-31-39(5,37-21(11-33(47)48)9-29(45)19(3)53-37)35(51)27(43-31)13-23-7-18(2)26(41-23)16-32-40(6,36(52)28(44-32)15-25(17)42-24)38-22(12-34(49)50)10-30(46)20(4)54-38/h7-8,13-16,19-22,29-30,37-38,41-42,45-46H,9-12H2,1-6H3,(H,47,48)(H,49,50)/t19-,20-,21+,22+,29-,30-,37+,38+,39-,40-/m1/s1. The van der Waals surface area contributed by atoms with Crippen molar-refractivity contribution in [1.29, 1.82) is 0 Å². The van der Waals surface area contributed by atoms with Crippen LogP contribution in [0, 0.1) is 25.7 Å². The summed E-state index contributed by atoms with van der Waals surface area (Å²) in [5, 5.41) is 40.9. The molecule has 6 N–H and O–H groups in total. The molecule has 7 heterocycles. The van der Waals surface area contributed by atoms with Crippen LogP contribution >= 0.6 is 0 Å². The lowest BCUT2D eigenvalue weighted by Gasteiger charge is -2.44. The van der Waals surface area contributed by atoms with Crippen LogP contribution in [0.2, 0.25) is 0 Å². The van der Waals surface area contributed by atoms with Gasteiger partial charge in [-0.15, -0.1) is 0 Å². The van der Waals surface area contributed by atoms with Crippen LogP contribution < -0.4 is 0 Å². The topological polar surface area (TPSA) is 225 Å². The molecule has 0 aliphatic carbocycles. The summed E-state index contributed by atoms with van der Waals surface area (Å²) in [6.45, 7) is 10.5. The normalized spacial score (nSPS) is 32.8. The minimum absolute atomic E-state index is 0.128. The Hall–Kier alpha value is -4.76. The summed E-state index contributed by atoms with van der Waals surface area (Å²) in [6.07, 6.45) is -5.27. The summed E-state index contributed by atoms with van der Waals surface area (Å²) >= 11 is 0. The Bertz CT molecular complexity index is 2230. The molecule has 0 spiro atoms. The first-order valence-corrected chi connectivity index (χ1v) is 18.3. The first-order valence-electron chi connectivity index (χ1n) is 18.3. The zero-order chi connectivity index (χ0) is 39.0. The number of hydrogen-bond acceptors (Lipinski definition) is 10. The number of aromatic amines is 2. The fourth-order valence-corrected chi connectivity index (χ4v) is 8.85. The molecule has 0 radical (unpaired) electrons. The lowest BCUT2D eigenvalue weighted by atomic mass is 9.69. The molecule has 0 saturated carbocycles. The van der Waals surface area contributed by atoms with Gasteiger partial charge in [0.25, 0.3) is 0 Å². The van der Waals surface area contributed by atoms with Gasteiger partial charge in [0.05, 0.1) is 60.9 Å². The lowest BCUT2D eigenvalue weighted by Crippen LogP contribution is -2.54. The number of ether oxygens (including phenoxy) is 2. The van der Waals surface area contributed by atoms with Crippen molar-refractivity contribution in [2.45, 2.75) is 115 Å². The minimum Gasteiger partial charge on any atom is -0.481 e. The molecular formula is C40H46N4O10. The Labute approximate surface area is 311 Å². The van der Waals surface area contributed by atoms with Crippen LogP contribution in [0.4, 0.5) is 0 Å². The van der Waals surface area contributed by atoms with Gasteiger partial charge in [0.1, 0.15) is 22.2 Å². The summed E-state index contributed by atoms with van der Waals surface area (Å²) < 4.78 is 12.6. The number of nitrogens with one attached hydrogen (secondary N) is 2. The van der Waals surface area contributed by atoms with Crippen LogP contribution in [0.25, 0.3) is 22.1 Å². The number of carbonyl (C=O) groups excluding carboxylic acids is 2. The van der Waals surface area contributed by atoms with Gasteiger partial charge in [0.2, 0.25) is 0 Å². The van der Waals surface area contributed by atoms with E-state index in [9.17, 15) is 39.6 Å². The summed E-state index contributed by atoms with van der Waals surface area (Å²) in [6, 6.07) is 10.4. The summed E-state index contributed by atoms with van der Waals surface area (Å²) in [5.74, 6) is -4.22. The number of aromatic nitrogens is 4. The van der Waals surface area contributed by atoms with Crippen molar-refractivity contribution in [3.63, 3.8) is 0 Å². The van der Waals surface area contributed by atoms with E-state index in [1.165, 1.54) is 0 Å². The highest BCUT2D eigenvalue weighted by Crippen LogP contribution is 2.46. The van der Waals surface area contributed by atoms with Crippen molar-refractivity contribution in [2.75, 3.05) is 0 Å². The Balaban J connectivity index is 1.45. The van der Waals surface area contributed by atoms with Gasteiger partial charge in [-0.2, -0.15) is 0 Å². The Morgan fingerprint density at radius 1 is 0.704 bits per heavy atom. The van der Waals surface area contributed by atoms with Gasteiger partial charge in [0, 0.05) is 22.1 Å². The minimum atomic E-state index is -1.42. The number of rotatable bonds is 6. The summed E-state index contributed by atoms with van der Waals surface area (Å²) in [7, 11) is 0. The van der Waals surface area contributed by atoms with Crippen molar-refractivity contribution in [3.8, 4) is 0 Å². The lowest BCUT2D eigenvalue weighted by molar-refractivity contribution is -0.165. The van der Waals surface area contributed by atoms with Crippen LogP contribution in [-0.2, 0) is 29.9 Å². The fourth-order valence-electron chi connectivity index (χ4n) is 8.85. The van der Waals surface area contributed by atoms with Crippen molar-refractivity contribution in [2.24, 2.45) is 11.8 Å². The summed E-state index contributed by atoms with van der Waals surface area (Å²) in [5.41, 5.74) is 1.92. The quantitative estimate of drug-likeness (QED) is 0.206. The van der Waals surface area contributed by atoms with E-state index in [0.717, 1.165) is 11.1 Å². The van der Waals surface area contributed by atoms with Gasteiger partial charge in [-0.25, -0.2) is 9.97 Å². The Kier molecular flexibility index (Phi) is 9.40. The van der Waals surface area contributed by atoms with Gasteiger partial charge < -0.3 is 39.9 Å². The first-order chi connectivity index (χ1) is 25.4. The van der Waals surface area contributed by atoms with Gasteiger partial charge in [-0.3, -0.25) is 19.2 Å². The van der Waals surface area contributed by atoms with E-state index in [1.54, 1.807) is 52.0 Å². The molecule has 4 aliphatic rings. The molecule has 10 atom stereocenters. The van der Waals surface area contributed by atoms with E-state index >= 15 is 0 Å². The number of ketones is 2. The molecule has 7 rings (SSSR count). The molecule has 14 heteroatoms. The number of aliphatic hydroxyl groups is 2. The van der Waals surface area contributed by atoms with Crippen LogP contribution in [0.1, 0.15) is 96.9 Å². The predicted octanol–water partition coefficient (Wildman–Crippen LogP) is 4.47. The number of carbonyl (C=O) groups is 4. The van der Waals surface area contributed by atoms with Gasteiger partial charge in [-0.05, 0) is 114 Å². The molecule has 2 saturated heterocycles. The molecule has 0 amide bonds. The molecule has 2 fully saturated rings. The highest BCUT2D eigenvalue weighted by molar-refractivity contribution is 6.07. The number of fused-ring (bicyclic) bond motifs is 8. The second kappa shape index (κ2) is 13.5. The average molecular weight is 743 g/mol. The first kappa shape index (κ1) is 37.6. The molecule has 0 unspecified atom stereocenters. The zero-order valence-corrected chi connectivity index (χ0v) is 31.0. The Morgan fingerprint density at radius 2 is 1.11 bits per heavy atom. The molecule has 14 nitrogen and oxygen atoms in total. The molecule has 3 aromatic heterocycles. The van der Waals surface area contributed by atoms with Crippen molar-refractivity contribution < 1.29 is 49.1 Å². The number of nitrogens with zero attached hydrogens (tertiary/aromatic N) is 2. The van der Waals surface area contributed by atoms with E-state index in [4.69, 9.17) is 19.4 Å². The van der Waals surface area contributed by atoms with Gasteiger partial charge in [0.15, 0.2) is 11.6 Å². The number of carboxylic acid groups (broad SMARTS) is 2. The average Bonchev–Trinajstić information content (AvgIpc) is 3.76.